The van der Waals surface area contributed by atoms with E-state index in [1.807, 2.05) is 18.2 Å². The SMILES string of the molecule is Fc1ccc(C=Nc2ccccc2)c(F)c1. The van der Waals surface area contributed by atoms with Crippen molar-refractivity contribution in [3.8, 4) is 0 Å². The average molecular weight is 217 g/mol. The Morgan fingerprint density at radius 1 is 0.938 bits per heavy atom. The van der Waals surface area contributed by atoms with E-state index in [1.54, 1.807) is 12.1 Å². The number of para-hydroxylation sites is 1. The Hall–Kier alpha value is -2.03. The first-order chi connectivity index (χ1) is 7.75. The van der Waals surface area contributed by atoms with E-state index in [1.165, 1.54) is 18.3 Å². The Bertz CT molecular complexity index is 507. The summed E-state index contributed by atoms with van der Waals surface area (Å²) in [4.78, 5) is 4.08. The highest BCUT2D eigenvalue weighted by Gasteiger charge is 2.00. The summed E-state index contributed by atoms with van der Waals surface area (Å²) in [7, 11) is 0. The molecular weight excluding hydrogens is 208 g/mol. The van der Waals surface area contributed by atoms with Gasteiger partial charge in [-0.3, -0.25) is 4.99 Å². The van der Waals surface area contributed by atoms with Crippen molar-refractivity contribution in [2.45, 2.75) is 0 Å². The molecular formula is C13H9F2N. The van der Waals surface area contributed by atoms with E-state index < -0.39 is 11.6 Å². The zero-order chi connectivity index (χ0) is 11.4. The van der Waals surface area contributed by atoms with Gasteiger partial charge in [-0.1, -0.05) is 18.2 Å². The molecule has 0 radical (unpaired) electrons. The molecule has 0 spiro atoms. The van der Waals surface area contributed by atoms with Crippen LogP contribution in [0.3, 0.4) is 0 Å². The second-order valence-corrected chi connectivity index (χ2v) is 3.26. The van der Waals surface area contributed by atoms with Gasteiger partial charge in [-0.25, -0.2) is 8.78 Å². The Balaban J connectivity index is 2.24. The third-order valence-corrected chi connectivity index (χ3v) is 2.07. The molecule has 0 amide bonds. The Labute approximate surface area is 92.1 Å². The second-order valence-electron chi connectivity index (χ2n) is 3.26. The molecule has 0 saturated carbocycles. The number of rotatable bonds is 2. The fourth-order valence-corrected chi connectivity index (χ4v) is 1.26. The lowest BCUT2D eigenvalue weighted by Crippen LogP contribution is -1.88. The number of halogens is 2. The molecule has 0 heterocycles. The predicted molar refractivity (Wildman–Crippen MR) is 60.1 cm³/mol. The largest absolute Gasteiger partial charge is 0.256 e. The molecule has 0 N–H and O–H groups in total. The second kappa shape index (κ2) is 4.66. The highest BCUT2D eigenvalue weighted by Crippen LogP contribution is 2.12. The Kier molecular flexibility index (Phi) is 3.05. The summed E-state index contributed by atoms with van der Waals surface area (Å²) >= 11 is 0. The Morgan fingerprint density at radius 3 is 2.38 bits per heavy atom. The van der Waals surface area contributed by atoms with Crippen LogP contribution in [0.2, 0.25) is 0 Å². The number of hydrogen-bond acceptors (Lipinski definition) is 1. The smallest absolute Gasteiger partial charge is 0.134 e. The van der Waals surface area contributed by atoms with Crippen LogP contribution in [0.1, 0.15) is 5.56 Å². The van der Waals surface area contributed by atoms with E-state index in [-0.39, 0.29) is 5.56 Å². The summed E-state index contributed by atoms with van der Waals surface area (Å²) in [6, 6.07) is 12.6. The van der Waals surface area contributed by atoms with Crippen molar-refractivity contribution >= 4 is 11.9 Å². The summed E-state index contributed by atoms with van der Waals surface area (Å²) in [5.41, 5.74) is 0.997. The van der Waals surface area contributed by atoms with Crippen LogP contribution in [0.5, 0.6) is 0 Å². The van der Waals surface area contributed by atoms with Crippen molar-refractivity contribution < 1.29 is 8.78 Å². The minimum absolute atomic E-state index is 0.269. The number of benzene rings is 2. The van der Waals surface area contributed by atoms with Gasteiger partial charge in [0, 0.05) is 17.8 Å². The Morgan fingerprint density at radius 2 is 1.69 bits per heavy atom. The van der Waals surface area contributed by atoms with Gasteiger partial charge in [0.25, 0.3) is 0 Å². The highest BCUT2D eigenvalue weighted by atomic mass is 19.1. The molecule has 0 atom stereocenters. The monoisotopic (exact) mass is 217 g/mol. The normalized spacial score (nSPS) is 10.9. The molecule has 2 aromatic carbocycles. The highest BCUT2D eigenvalue weighted by molar-refractivity contribution is 5.82. The van der Waals surface area contributed by atoms with Crippen molar-refractivity contribution in [3.63, 3.8) is 0 Å². The van der Waals surface area contributed by atoms with Crippen LogP contribution in [0.15, 0.2) is 53.5 Å². The van der Waals surface area contributed by atoms with Gasteiger partial charge in [-0.15, -0.1) is 0 Å². The predicted octanol–water partition coefficient (Wildman–Crippen LogP) is 3.72. The lowest BCUT2D eigenvalue weighted by Gasteiger charge is -1.96. The molecule has 0 aliphatic rings. The summed E-state index contributed by atoms with van der Waals surface area (Å²) in [6.07, 6.45) is 1.38. The zero-order valence-electron chi connectivity index (χ0n) is 8.40. The topological polar surface area (TPSA) is 12.4 Å². The quantitative estimate of drug-likeness (QED) is 0.680. The average Bonchev–Trinajstić information content (AvgIpc) is 2.29. The lowest BCUT2D eigenvalue weighted by molar-refractivity contribution is 0.582. The molecule has 1 nitrogen and oxygen atoms in total. The van der Waals surface area contributed by atoms with Gasteiger partial charge in [0.05, 0.1) is 5.69 Å². The van der Waals surface area contributed by atoms with Gasteiger partial charge in [0.1, 0.15) is 11.6 Å². The van der Waals surface area contributed by atoms with Gasteiger partial charge in [-0.2, -0.15) is 0 Å². The molecule has 0 fully saturated rings. The summed E-state index contributed by atoms with van der Waals surface area (Å²) in [6.45, 7) is 0. The molecule has 3 heteroatoms. The molecule has 80 valence electrons. The van der Waals surface area contributed by atoms with Gasteiger partial charge in [-0.05, 0) is 24.3 Å². The summed E-state index contributed by atoms with van der Waals surface area (Å²) < 4.78 is 25.8. The van der Waals surface area contributed by atoms with Crippen LogP contribution in [0.25, 0.3) is 0 Å². The van der Waals surface area contributed by atoms with E-state index >= 15 is 0 Å². The maximum absolute atomic E-state index is 13.2. The number of aliphatic imine (C=N–C) groups is 1. The first-order valence-electron chi connectivity index (χ1n) is 4.80. The fourth-order valence-electron chi connectivity index (χ4n) is 1.26. The molecule has 0 aliphatic carbocycles. The van der Waals surface area contributed by atoms with Crippen LogP contribution in [0.4, 0.5) is 14.5 Å². The van der Waals surface area contributed by atoms with Gasteiger partial charge in [0.15, 0.2) is 0 Å². The molecule has 0 saturated heterocycles. The minimum Gasteiger partial charge on any atom is -0.256 e. The maximum Gasteiger partial charge on any atom is 0.134 e. The molecule has 2 aromatic rings. The lowest BCUT2D eigenvalue weighted by atomic mass is 10.2. The van der Waals surface area contributed by atoms with Crippen LogP contribution < -0.4 is 0 Å². The molecule has 0 bridgehead atoms. The zero-order valence-corrected chi connectivity index (χ0v) is 8.40. The van der Waals surface area contributed by atoms with Gasteiger partial charge in [0.2, 0.25) is 0 Å². The van der Waals surface area contributed by atoms with E-state index in [4.69, 9.17) is 0 Å². The first kappa shape index (κ1) is 10.5. The third kappa shape index (κ3) is 2.51. The van der Waals surface area contributed by atoms with E-state index in [2.05, 4.69) is 4.99 Å². The van der Waals surface area contributed by atoms with Crippen LogP contribution >= 0.6 is 0 Å². The van der Waals surface area contributed by atoms with Crippen molar-refractivity contribution in [3.05, 3.63) is 65.7 Å². The van der Waals surface area contributed by atoms with E-state index in [0.717, 1.165) is 11.8 Å². The summed E-state index contributed by atoms with van der Waals surface area (Å²) in [5, 5.41) is 0. The molecule has 0 unspecified atom stereocenters. The van der Waals surface area contributed by atoms with Crippen molar-refractivity contribution in [1.82, 2.24) is 0 Å². The summed E-state index contributed by atoms with van der Waals surface area (Å²) in [5.74, 6) is -1.20. The van der Waals surface area contributed by atoms with Crippen LogP contribution in [-0.2, 0) is 0 Å². The van der Waals surface area contributed by atoms with Crippen molar-refractivity contribution in [1.29, 1.82) is 0 Å². The standard InChI is InChI=1S/C13H9F2N/c14-11-7-6-10(13(15)8-11)9-16-12-4-2-1-3-5-12/h1-9H. The van der Waals surface area contributed by atoms with Crippen molar-refractivity contribution in [2.75, 3.05) is 0 Å². The molecule has 16 heavy (non-hydrogen) atoms. The third-order valence-electron chi connectivity index (χ3n) is 2.07. The van der Waals surface area contributed by atoms with Gasteiger partial charge >= 0.3 is 0 Å². The van der Waals surface area contributed by atoms with Crippen LogP contribution in [0, 0.1) is 11.6 Å². The molecule has 0 aliphatic heterocycles. The van der Waals surface area contributed by atoms with Crippen molar-refractivity contribution in [2.24, 2.45) is 4.99 Å². The van der Waals surface area contributed by atoms with Crippen LogP contribution in [-0.4, -0.2) is 6.21 Å². The maximum atomic E-state index is 13.2. The number of nitrogens with zero attached hydrogens (tertiary/aromatic N) is 1. The van der Waals surface area contributed by atoms with E-state index in [9.17, 15) is 8.78 Å². The fraction of sp³-hybridized carbons (Fsp3) is 0. The first-order valence-corrected chi connectivity index (χ1v) is 4.80. The molecule has 0 aromatic heterocycles. The van der Waals surface area contributed by atoms with E-state index in [0.29, 0.717) is 0 Å². The number of hydrogen-bond donors (Lipinski definition) is 0. The molecule has 2 rings (SSSR count). The minimum atomic E-state index is -0.611. The van der Waals surface area contributed by atoms with Gasteiger partial charge < -0.3 is 0 Å².